The van der Waals surface area contributed by atoms with Crippen molar-refractivity contribution in [2.45, 2.75) is 25.1 Å². The van der Waals surface area contributed by atoms with E-state index < -0.39 is 11.7 Å². The van der Waals surface area contributed by atoms with Crippen molar-refractivity contribution in [1.82, 2.24) is 5.01 Å². The molecule has 0 radical (unpaired) electrons. The molecule has 1 aliphatic rings. The summed E-state index contributed by atoms with van der Waals surface area (Å²) in [5, 5.41) is 5.47. The Labute approximate surface area is 167 Å². The van der Waals surface area contributed by atoms with Crippen molar-refractivity contribution in [3.8, 4) is 0 Å². The minimum absolute atomic E-state index is 0.0300. The van der Waals surface area contributed by atoms with Gasteiger partial charge in [0.15, 0.2) is 5.54 Å². The van der Waals surface area contributed by atoms with Crippen molar-refractivity contribution < 1.29 is 13.2 Å². The summed E-state index contributed by atoms with van der Waals surface area (Å²) < 4.78 is 43.6. The molecule has 2 aromatic rings. The number of hydrogen-bond acceptors (Lipinski definition) is 2. The Hall–Kier alpha value is -1.24. The first-order chi connectivity index (χ1) is 12.0. The van der Waals surface area contributed by atoms with Gasteiger partial charge >= 0.3 is 6.18 Å². The number of hydrazone groups is 1. The van der Waals surface area contributed by atoms with E-state index in [4.69, 9.17) is 23.2 Å². The molecule has 0 N–H and O–H groups in total. The fourth-order valence-corrected chi connectivity index (χ4v) is 3.94. The molecule has 1 heterocycles. The number of rotatable bonds is 2. The second-order valence-electron chi connectivity index (χ2n) is 6.23. The van der Waals surface area contributed by atoms with E-state index in [2.05, 4.69) is 21.0 Å². The van der Waals surface area contributed by atoms with Gasteiger partial charge in [0.05, 0.1) is 5.71 Å². The van der Waals surface area contributed by atoms with Crippen LogP contribution in [0.4, 0.5) is 13.2 Å². The third kappa shape index (κ3) is 3.23. The lowest BCUT2D eigenvalue weighted by molar-refractivity contribution is -0.227. The largest absolute Gasteiger partial charge is 0.417 e. The van der Waals surface area contributed by atoms with Crippen molar-refractivity contribution in [2.24, 2.45) is 5.10 Å². The Kier molecular flexibility index (Phi) is 5.05. The van der Waals surface area contributed by atoms with Gasteiger partial charge in [-0.15, -0.1) is 0 Å². The van der Waals surface area contributed by atoms with E-state index in [1.165, 1.54) is 25.2 Å². The van der Waals surface area contributed by atoms with E-state index in [0.29, 0.717) is 11.3 Å². The van der Waals surface area contributed by atoms with Crippen LogP contribution in [0.1, 0.15) is 23.1 Å². The zero-order valence-electron chi connectivity index (χ0n) is 13.8. The van der Waals surface area contributed by atoms with Crippen LogP contribution in [-0.2, 0) is 5.54 Å². The molecule has 8 heteroatoms. The van der Waals surface area contributed by atoms with Gasteiger partial charge in [0, 0.05) is 28.0 Å². The monoisotopic (exact) mass is 464 g/mol. The molecule has 2 aromatic carbocycles. The lowest BCUT2D eigenvalue weighted by Gasteiger charge is -2.37. The Morgan fingerprint density at radius 3 is 2.27 bits per heavy atom. The average Bonchev–Trinajstić information content (AvgIpc) is 2.87. The first kappa shape index (κ1) is 19.5. The second-order valence-corrected chi connectivity index (χ2v) is 7.95. The molecule has 2 nitrogen and oxygen atoms in total. The van der Waals surface area contributed by atoms with Crippen molar-refractivity contribution in [3.05, 3.63) is 67.6 Å². The first-order valence-corrected chi connectivity index (χ1v) is 9.20. The quantitative estimate of drug-likeness (QED) is 0.490. The van der Waals surface area contributed by atoms with Gasteiger partial charge in [-0.05, 0) is 53.9 Å². The topological polar surface area (TPSA) is 15.6 Å². The van der Waals surface area contributed by atoms with E-state index in [0.717, 1.165) is 15.0 Å². The predicted molar refractivity (Wildman–Crippen MR) is 102 cm³/mol. The molecule has 0 aromatic heterocycles. The Balaban J connectivity index is 2.12. The molecular weight excluding hydrogens is 452 g/mol. The third-order valence-corrected chi connectivity index (χ3v) is 5.87. The number of aryl methyl sites for hydroxylation is 1. The SMILES string of the molecule is Cc1cc(C2=NN(C)C(c3cc(Cl)cc(Cl)c3)(C(F)(F)F)C2)ccc1Br. The Bertz CT molecular complexity index is 878. The molecule has 0 fully saturated rings. The van der Waals surface area contributed by atoms with Crippen LogP contribution in [0.5, 0.6) is 0 Å². The summed E-state index contributed by atoms with van der Waals surface area (Å²) in [6.07, 6.45) is -4.91. The van der Waals surface area contributed by atoms with E-state index in [9.17, 15) is 13.2 Å². The third-order valence-electron chi connectivity index (χ3n) is 4.55. The minimum Gasteiger partial charge on any atom is -0.280 e. The Morgan fingerprint density at radius 1 is 1.12 bits per heavy atom. The van der Waals surface area contributed by atoms with Crippen LogP contribution in [0.15, 0.2) is 46.0 Å². The molecule has 1 atom stereocenters. The van der Waals surface area contributed by atoms with Crippen molar-refractivity contribution in [2.75, 3.05) is 7.05 Å². The van der Waals surface area contributed by atoms with Gasteiger partial charge in [-0.1, -0.05) is 45.2 Å². The van der Waals surface area contributed by atoms with Crippen LogP contribution < -0.4 is 0 Å². The lowest BCUT2D eigenvalue weighted by atomic mass is 9.83. The normalized spacial score (nSPS) is 20.5. The zero-order chi connectivity index (χ0) is 19.3. The number of alkyl halides is 3. The zero-order valence-corrected chi connectivity index (χ0v) is 16.9. The fourth-order valence-electron chi connectivity index (χ4n) is 3.17. The molecule has 0 saturated carbocycles. The molecule has 1 unspecified atom stereocenters. The van der Waals surface area contributed by atoms with E-state index in [1.807, 2.05) is 13.0 Å². The maximum Gasteiger partial charge on any atom is 0.417 e. The summed E-state index contributed by atoms with van der Waals surface area (Å²) in [4.78, 5) is 0. The molecule has 3 rings (SSSR count). The highest BCUT2D eigenvalue weighted by Gasteiger charge is 2.62. The highest BCUT2D eigenvalue weighted by atomic mass is 79.9. The molecule has 0 bridgehead atoms. The van der Waals surface area contributed by atoms with Crippen LogP contribution in [0.25, 0.3) is 0 Å². The Morgan fingerprint density at radius 2 is 1.73 bits per heavy atom. The van der Waals surface area contributed by atoms with Crippen LogP contribution >= 0.6 is 39.1 Å². The lowest BCUT2D eigenvalue weighted by Crippen LogP contribution is -2.50. The van der Waals surface area contributed by atoms with E-state index in [-0.39, 0.29) is 22.0 Å². The summed E-state index contributed by atoms with van der Waals surface area (Å²) in [5.74, 6) is 0. The summed E-state index contributed by atoms with van der Waals surface area (Å²) >= 11 is 15.3. The summed E-state index contributed by atoms with van der Waals surface area (Å²) in [7, 11) is 1.32. The number of halogens is 6. The molecule has 138 valence electrons. The van der Waals surface area contributed by atoms with Crippen molar-refractivity contribution in [1.29, 1.82) is 0 Å². The van der Waals surface area contributed by atoms with Gasteiger partial charge < -0.3 is 0 Å². The van der Waals surface area contributed by atoms with Crippen LogP contribution in [0.2, 0.25) is 10.0 Å². The van der Waals surface area contributed by atoms with Gasteiger partial charge in [0.1, 0.15) is 0 Å². The van der Waals surface area contributed by atoms with E-state index >= 15 is 0 Å². The molecule has 1 aliphatic heterocycles. The highest BCUT2D eigenvalue weighted by Crippen LogP contribution is 2.50. The second kappa shape index (κ2) is 6.73. The van der Waals surface area contributed by atoms with Gasteiger partial charge in [0.25, 0.3) is 0 Å². The summed E-state index contributed by atoms with van der Waals surface area (Å²) in [6, 6.07) is 9.36. The highest BCUT2D eigenvalue weighted by molar-refractivity contribution is 9.10. The fraction of sp³-hybridized carbons (Fsp3) is 0.278. The van der Waals surface area contributed by atoms with Gasteiger partial charge in [-0.25, -0.2) is 0 Å². The number of nitrogens with zero attached hydrogens (tertiary/aromatic N) is 2. The first-order valence-electron chi connectivity index (χ1n) is 7.66. The average molecular weight is 466 g/mol. The van der Waals surface area contributed by atoms with Crippen LogP contribution in [0.3, 0.4) is 0 Å². The van der Waals surface area contributed by atoms with Crippen molar-refractivity contribution in [3.63, 3.8) is 0 Å². The predicted octanol–water partition coefficient (Wildman–Crippen LogP) is 6.56. The summed E-state index contributed by atoms with van der Waals surface area (Å²) in [5.41, 5.74) is -0.424. The molecule has 0 spiro atoms. The van der Waals surface area contributed by atoms with E-state index in [1.54, 1.807) is 12.1 Å². The smallest absolute Gasteiger partial charge is 0.280 e. The number of hydrogen-bond donors (Lipinski definition) is 0. The molecule has 26 heavy (non-hydrogen) atoms. The standard InChI is InChI=1S/C18H14BrCl2F3N2/c1-10-5-11(3-4-15(10)19)16-9-17(18(22,23)24,26(2)25-16)12-6-13(20)8-14(21)7-12/h3-8H,9H2,1-2H3. The maximum absolute atomic E-state index is 14.2. The van der Waals surface area contributed by atoms with Gasteiger partial charge in [-0.2, -0.15) is 18.3 Å². The van der Waals surface area contributed by atoms with Gasteiger partial charge in [-0.3, -0.25) is 5.01 Å². The maximum atomic E-state index is 14.2. The molecular formula is C18H14BrCl2F3N2. The van der Waals surface area contributed by atoms with Crippen LogP contribution in [-0.4, -0.2) is 23.9 Å². The molecule has 0 amide bonds. The summed E-state index contributed by atoms with van der Waals surface area (Å²) in [6.45, 7) is 1.88. The number of benzene rings is 2. The molecule has 0 saturated heterocycles. The van der Waals surface area contributed by atoms with Crippen LogP contribution in [0, 0.1) is 6.92 Å². The minimum atomic E-state index is -4.58. The van der Waals surface area contributed by atoms with Gasteiger partial charge in [0.2, 0.25) is 0 Å². The van der Waals surface area contributed by atoms with Crippen molar-refractivity contribution >= 4 is 44.8 Å². The molecule has 0 aliphatic carbocycles.